The first-order chi connectivity index (χ1) is 15.5. The van der Waals surface area contributed by atoms with Crippen molar-refractivity contribution in [3.05, 3.63) is 64.6 Å². The fourth-order valence-corrected chi connectivity index (χ4v) is 4.81. The first-order valence-corrected chi connectivity index (χ1v) is 12.0. The summed E-state index contributed by atoms with van der Waals surface area (Å²) in [7, 11) is 2.08. The van der Waals surface area contributed by atoms with Gasteiger partial charge in [0.15, 0.2) is 0 Å². The average Bonchev–Trinajstić information content (AvgIpc) is 2.81. The number of nitrogens with zero attached hydrogens (tertiary/aromatic N) is 3. The van der Waals surface area contributed by atoms with Gasteiger partial charge in [-0.05, 0) is 37.4 Å². The predicted octanol–water partition coefficient (Wildman–Crippen LogP) is 3.52. The fourth-order valence-electron chi connectivity index (χ4n) is 4.43. The lowest BCUT2D eigenvalue weighted by molar-refractivity contribution is -0.135. The van der Waals surface area contributed by atoms with Gasteiger partial charge in [0.05, 0.1) is 0 Å². The third-order valence-electron chi connectivity index (χ3n) is 6.35. The number of carbonyl (C=O) groups excluding carboxylic acids is 2. The topological polar surface area (TPSA) is 53.1 Å². The monoisotopic (exact) mass is 499 g/mol. The van der Waals surface area contributed by atoms with Crippen LogP contribution in [0.3, 0.4) is 0 Å². The van der Waals surface area contributed by atoms with Crippen molar-refractivity contribution in [1.29, 1.82) is 0 Å². The van der Waals surface area contributed by atoms with E-state index in [2.05, 4.69) is 27.9 Å². The summed E-state index contributed by atoms with van der Waals surface area (Å²) in [6, 6.07) is 17.1. The van der Waals surface area contributed by atoms with E-state index in [1.54, 1.807) is 0 Å². The van der Waals surface area contributed by atoms with Crippen molar-refractivity contribution in [3.63, 3.8) is 0 Å². The number of halogens is 1. The maximum Gasteiger partial charge on any atom is 0.253 e. The highest BCUT2D eigenvalue weighted by Gasteiger charge is 2.36. The van der Waals surface area contributed by atoms with Crippen molar-refractivity contribution in [2.75, 3.05) is 46.3 Å². The van der Waals surface area contributed by atoms with Crippen molar-refractivity contribution >= 4 is 27.7 Å². The molecule has 0 saturated carbocycles. The maximum absolute atomic E-state index is 13.1. The Morgan fingerprint density at radius 1 is 0.969 bits per heavy atom. The van der Waals surface area contributed by atoms with Gasteiger partial charge in [0.25, 0.3) is 5.91 Å². The summed E-state index contributed by atoms with van der Waals surface area (Å²) >= 11 is 3.50. The minimum atomic E-state index is -0.111. The van der Waals surface area contributed by atoms with Crippen LogP contribution < -0.4 is 4.74 Å². The van der Waals surface area contributed by atoms with Crippen LogP contribution in [0.15, 0.2) is 59.1 Å². The molecule has 2 aliphatic rings. The number of piperidine rings is 1. The Kier molecular flexibility index (Phi) is 7.48. The van der Waals surface area contributed by atoms with Gasteiger partial charge in [-0.1, -0.05) is 40.2 Å². The maximum atomic E-state index is 13.1. The molecule has 0 spiro atoms. The molecule has 2 aromatic carbocycles. The van der Waals surface area contributed by atoms with Crippen molar-refractivity contribution < 1.29 is 14.3 Å². The lowest BCUT2D eigenvalue weighted by Crippen LogP contribution is -2.51. The summed E-state index contributed by atoms with van der Waals surface area (Å²) in [6.07, 6.45) is 0.979. The van der Waals surface area contributed by atoms with Crippen LogP contribution in [0.1, 0.15) is 23.2 Å². The second kappa shape index (κ2) is 10.5. The molecule has 2 aliphatic heterocycles. The smallest absolute Gasteiger partial charge is 0.253 e. The zero-order chi connectivity index (χ0) is 22.5. The molecule has 0 unspecified atom stereocenters. The molecule has 4 rings (SSSR count). The van der Waals surface area contributed by atoms with Gasteiger partial charge in [-0.2, -0.15) is 0 Å². The molecule has 2 saturated heterocycles. The van der Waals surface area contributed by atoms with E-state index in [0.717, 1.165) is 36.4 Å². The number of amides is 2. The van der Waals surface area contributed by atoms with E-state index in [1.807, 2.05) is 64.4 Å². The van der Waals surface area contributed by atoms with Gasteiger partial charge in [-0.25, -0.2) is 0 Å². The molecule has 32 heavy (non-hydrogen) atoms. The summed E-state index contributed by atoms with van der Waals surface area (Å²) in [6.45, 7) is 4.44. The van der Waals surface area contributed by atoms with Crippen molar-refractivity contribution in [2.24, 2.45) is 5.92 Å². The van der Waals surface area contributed by atoms with Crippen LogP contribution in [-0.2, 0) is 4.79 Å². The Bertz CT molecular complexity index is 931. The number of hydrogen-bond donors (Lipinski definition) is 0. The van der Waals surface area contributed by atoms with E-state index in [9.17, 15) is 9.59 Å². The molecule has 2 amide bonds. The summed E-state index contributed by atoms with van der Waals surface area (Å²) in [5, 5.41) is 0. The Morgan fingerprint density at radius 3 is 2.44 bits per heavy atom. The summed E-state index contributed by atoms with van der Waals surface area (Å²) in [5.74, 6) is 0.898. The largest absolute Gasteiger partial charge is 0.490 e. The first kappa shape index (κ1) is 22.8. The quantitative estimate of drug-likeness (QED) is 0.631. The van der Waals surface area contributed by atoms with Gasteiger partial charge in [-0.3, -0.25) is 9.59 Å². The lowest BCUT2D eigenvalue weighted by atomic mass is 9.90. The van der Waals surface area contributed by atoms with Gasteiger partial charge < -0.3 is 19.4 Å². The van der Waals surface area contributed by atoms with Crippen LogP contribution in [0.5, 0.6) is 5.75 Å². The Balaban J connectivity index is 1.48. The molecule has 2 heterocycles. The average molecular weight is 500 g/mol. The van der Waals surface area contributed by atoms with E-state index in [4.69, 9.17) is 4.74 Å². The minimum Gasteiger partial charge on any atom is -0.490 e. The first-order valence-electron chi connectivity index (χ1n) is 11.2. The summed E-state index contributed by atoms with van der Waals surface area (Å²) in [4.78, 5) is 32.2. The van der Waals surface area contributed by atoms with Crippen LogP contribution in [0.2, 0.25) is 0 Å². The number of benzene rings is 2. The van der Waals surface area contributed by atoms with Gasteiger partial charge >= 0.3 is 0 Å². The molecule has 2 atom stereocenters. The van der Waals surface area contributed by atoms with E-state index >= 15 is 0 Å². The molecule has 6 nitrogen and oxygen atoms in total. The number of likely N-dealkylation sites (tertiary alicyclic amines) is 1. The number of likely N-dealkylation sites (N-methyl/N-ethyl adjacent to an activating group) is 1. The second-order valence-electron chi connectivity index (χ2n) is 8.67. The van der Waals surface area contributed by atoms with Crippen molar-refractivity contribution in [1.82, 2.24) is 14.7 Å². The van der Waals surface area contributed by atoms with Crippen LogP contribution in [-0.4, -0.2) is 78.9 Å². The highest BCUT2D eigenvalue weighted by molar-refractivity contribution is 9.10. The summed E-state index contributed by atoms with van der Waals surface area (Å²) in [5.41, 5.74) is 0.683. The minimum absolute atomic E-state index is 0.0172. The number of hydrogen-bond acceptors (Lipinski definition) is 4. The Morgan fingerprint density at radius 2 is 1.72 bits per heavy atom. The Hall–Kier alpha value is -2.38. The predicted molar refractivity (Wildman–Crippen MR) is 128 cm³/mol. The van der Waals surface area contributed by atoms with E-state index in [0.29, 0.717) is 31.5 Å². The number of rotatable bonds is 5. The third kappa shape index (κ3) is 5.70. The van der Waals surface area contributed by atoms with Gasteiger partial charge in [-0.15, -0.1) is 0 Å². The van der Waals surface area contributed by atoms with Crippen LogP contribution in [0.25, 0.3) is 0 Å². The highest BCUT2D eigenvalue weighted by atomic mass is 79.9. The van der Waals surface area contributed by atoms with E-state index in [-0.39, 0.29) is 23.8 Å². The van der Waals surface area contributed by atoms with Crippen molar-refractivity contribution in [2.45, 2.75) is 18.9 Å². The molecule has 0 bridgehead atoms. The molecule has 170 valence electrons. The lowest BCUT2D eigenvalue weighted by Gasteiger charge is -2.40. The summed E-state index contributed by atoms with van der Waals surface area (Å²) < 4.78 is 7.30. The molecular weight excluding hydrogens is 470 g/mol. The number of carbonyl (C=O) groups is 2. The molecule has 0 radical (unpaired) electrons. The van der Waals surface area contributed by atoms with E-state index in [1.165, 1.54) is 0 Å². The van der Waals surface area contributed by atoms with Crippen LogP contribution in [0.4, 0.5) is 0 Å². The normalized spacial score (nSPS) is 21.9. The molecule has 0 aromatic heterocycles. The van der Waals surface area contributed by atoms with Gasteiger partial charge in [0, 0.05) is 68.1 Å². The highest BCUT2D eigenvalue weighted by Crippen LogP contribution is 2.28. The zero-order valence-corrected chi connectivity index (χ0v) is 20.0. The zero-order valence-electron chi connectivity index (χ0n) is 18.5. The van der Waals surface area contributed by atoms with E-state index < -0.39 is 0 Å². The van der Waals surface area contributed by atoms with Gasteiger partial charge in [0.1, 0.15) is 11.9 Å². The molecule has 0 aliphatic carbocycles. The van der Waals surface area contributed by atoms with Crippen LogP contribution in [0, 0.1) is 5.92 Å². The van der Waals surface area contributed by atoms with Crippen molar-refractivity contribution in [3.8, 4) is 5.75 Å². The third-order valence-corrected chi connectivity index (χ3v) is 6.84. The number of piperazine rings is 1. The molecule has 2 aromatic rings. The standard InChI is InChI=1S/C25H30BrN3O3/c1-27-12-14-28(15-13-27)24(30)16-20-18-29(25(31)19-6-3-2-4-7-19)11-10-23(20)32-22-9-5-8-21(26)17-22/h2-9,17,20,23H,10-16,18H2,1H3/t20-,23-/m0/s1. The molecule has 0 N–H and O–H groups in total. The second-order valence-corrected chi connectivity index (χ2v) is 9.58. The fraction of sp³-hybridized carbons (Fsp3) is 0.440. The Labute approximate surface area is 198 Å². The number of ether oxygens (including phenoxy) is 1. The molecule has 7 heteroatoms. The SMILES string of the molecule is CN1CCN(C(=O)C[C@H]2CN(C(=O)c3ccccc3)CC[C@@H]2Oc2cccc(Br)c2)CC1. The molecular formula is C25H30BrN3O3. The van der Waals surface area contributed by atoms with Gasteiger partial charge in [0.2, 0.25) is 5.91 Å². The van der Waals surface area contributed by atoms with Crippen LogP contribution >= 0.6 is 15.9 Å². The molecule has 2 fully saturated rings.